The number of rotatable bonds is 6. The zero-order valence-corrected chi connectivity index (χ0v) is 12.7. The van der Waals surface area contributed by atoms with Crippen LogP contribution < -0.4 is 10.0 Å². The topological polar surface area (TPSA) is 56.0 Å². The van der Waals surface area contributed by atoms with Crippen molar-refractivity contribution in [1.29, 1.82) is 0 Å². The van der Waals surface area contributed by atoms with Crippen molar-refractivity contribution >= 4 is 17.7 Å². The van der Waals surface area contributed by atoms with Crippen molar-refractivity contribution in [3.8, 4) is 0 Å². The Kier molecular flexibility index (Phi) is 5.63. The highest BCUT2D eigenvalue weighted by atomic mass is 32.2. The first kappa shape index (κ1) is 15.4. The number of pyridine rings is 1. The van der Waals surface area contributed by atoms with E-state index in [4.69, 9.17) is 0 Å². The number of hydrogen-bond acceptors (Lipinski definition) is 3. The molecule has 0 fully saturated rings. The van der Waals surface area contributed by atoms with Crippen molar-refractivity contribution in [2.45, 2.75) is 18.4 Å². The van der Waals surface area contributed by atoms with Gasteiger partial charge in [0, 0.05) is 18.7 Å². The van der Waals surface area contributed by atoms with Crippen LogP contribution in [0.25, 0.3) is 0 Å². The summed E-state index contributed by atoms with van der Waals surface area (Å²) in [6, 6.07) is 13.3. The Morgan fingerprint density at radius 3 is 2.76 bits per heavy atom. The first-order valence-electron chi connectivity index (χ1n) is 6.79. The Labute approximate surface area is 128 Å². The summed E-state index contributed by atoms with van der Waals surface area (Å²) in [4.78, 5) is 11.8. The molecule has 0 saturated heterocycles. The molecule has 2 aromatic rings. The van der Waals surface area contributed by atoms with Crippen LogP contribution in [-0.2, 0) is 11.2 Å². The number of aryl methyl sites for hydroxylation is 1. The number of nitrogens with zero attached hydrogens (tertiary/aromatic N) is 1. The zero-order valence-electron chi connectivity index (χ0n) is 11.9. The highest BCUT2D eigenvalue weighted by molar-refractivity contribution is 7.99. The molecule has 0 radical (unpaired) electrons. The molecule has 0 spiro atoms. The SMILES string of the molecule is Cc1ccccc1CCNC(=O)CSc1cccc[n+]1[O-]. The number of nitrogens with one attached hydrogen (secondary N) is 1. The lowest BCUT2D eigenvalue weighted by Gasteiger charge is -2.07. The van der Waals surface area contributed by atoms with Crippen LogP contribution in [0.3, 0.4) is 0 Å². The molecule has 1 aromatic heterocycles. The van der Waals surface area contributed by atoms with Gasteiger partial charge in [-0.2, -0.15) is 4.73 Å². The van der Waals surface area contributed by atoms with Gasteiger partial charge in [0.25, 0.3) is 5.03 Å². The van der Waals surface area contributed by atoms with E-state index in [2.05, 4.69) is 24.4 Å². The van der Waals surface area contributed by atoms with E-state index in [1.165, 1.54) is 29.1 Å². The number of thioether (sulfide) groups is 1. The predicted octanol–water partition coefficient (Wildman–Crippen LogP) is 2.08. The standard InChI is InChI=1S/C16H18N2O2S/c1-13-6-2-3-7-14(13)9-10-17-15(19)12-21-16-8-4-5-11-18(16)20/h2-8,11H,9-10,12H2,1H3,(H,17,19). The lowest BCUT2D eigenvalue weighted by Crippen LogP contribution is -2.30. The smallest absolute Gasteiger partial charge is 0.251 e. The number of hydrogen-bond donors (Lipinski definition) is 1. The van der Waals surface area contributed by atoms with E-state index in [-0.39, 0.29) is 11.7 Å². The first-order chi connectivity index (χ1) is 10.2. The Morgan fingerprint density at radius 1 is 1.24 bits per heavy atom. The Balaban J connectivity index is 1.73. The third-order valence-corrected chi connectivity index (χ3v) is 4.14. The second-order valence-corrected chi connectivity index (χ2v) is 5.68. The van der Waals surface area contributed by atoms with Gasteiger partial charge in [0.15, 0.2) is 6.20 Å². The van der Waals surface area contributed by atoms with Crippen molar-refractivity contribution in [3.05, 3.63) is 65.0 Å². The minimum Gasteiger partial charge on any atom is -0.618 e. The molecule has 1 aromatic carbocycles. The molecular weight excluding hydrogens is 284 g/mol. The van der Waals surface area contributed by atoms with Gasteiger partial charge in [-0.15, -0.1) is 0 Å². The maximum absolute atomic E-state index is 11.8. The second kappa shape index (κ2) is 7.69. The lowest BCUT2D eigenvalue weighted by molar-refractivity contribution is -0.645. The van der Waals surface area contributed by atoms with E-state index in [1.807, 2.05) is 12.1 Å². The molecule has 0 bridgehead atoms. The molecule has 2 rings (SSSR count). The van der Waals surface area contributed by atoms with Crippen LogP contribution in [0.4, 0.5) is 0 Å². The lowest BCUT2D eigenvalue weighted by atomic mass is 10.1. The van der Waals surface area contributed by atoms with Gasteiger partial charge in [0.1, 0.15) is 0 Å². The molecule has 5 heteroatoms. The summed E-state index contributed by atoms with van der Waals surface area (Å²) in [5, 5.41) is 14.8. The van der Waals surface area contributed by atoms with Crippen LogP contribution in [0.2, 0.25) is 0 Å². The van der Waals surface area contributed by atoms with Gasteiger partial charge in [0.2, 0.25) is 5.91 Å². The fourth-order valence-electron chi connectivity index (χ4n) is 1.94. The van der Waals surface area contributed by atoms with E-state index in [1.54, 1.807) is 18.2 Å². The van der Waals surface area contributed by atoms with Gasteiger partial charge in [-0.3, -0.25) is 4.79 Å². The van der Waals surface area contributed by atoms with E-state index >= 15 is 0 Å². The van der Waals surface area contributed by atoms with Gasteiger partial charge in [-0.05, 0) is 42.3 Å². The molecule has 4 nitrogen and oxygen atoms in total. The van der Waals surface area contributed by atoms with E-state index in [9.17, 15) is 10.0 Å². The summed E-state index contributed by atoms with van der Waals surface area (Å²) in [7, 11) is 0. The van der Waals surface area contributed by atoms with Crippen LogP contribution in [0.15, 0.2) is 53.7 Å². The third-order valence-electron chi connectivity index (χ3n) is 3.12. The number of benzene rings is 1. The fourth-order valence-corrected chi connectivity index (χ4v) is 2.69. The molecule has 0 saturated carbocycles. The quantitative estimate of drug-likeness (QED) is 0.505. The number of carbonyl (C=O) groups is 1. The van der Waals surface area contributed by atoms with Gasteiger partial charge in [-0.1, -0.05) is 24.3 Å². The van der Waals surface area contributed by atoms with Gasteiger partial charge in [-0.25, -0.2) is 0 Å². The van der Waals surface area contributed by atoms with Crippen LogP contribution in [0, 0.1) is 12.1 Å². The summed E-state index contributed by atoms with van der Waals surface area (Å²) in [6.07, 6.45) is 2.24. The van der Waals surface area contributed by atoms with Crippen molar-refractivity contribution < 1.29 is 9.52 Å². The number of aromatic nitrogens is 1. The molecule has 0 aliphatic rings. The predicted molar refractivity (Wildman–Crippen MR) is 84.0 cm³/mol. The highest BCUT2D eigenvalue weighted by Gasteiger charge is 2.08. The van der Waals surface area contributed by atoms with Gasteiger partial charge in [0.05, 0.1) is 5.75 Å². The van der Waals surface area contributed by atoms with Crippen LogP contribution in [0.1, 0.15) is 11.1 Å². The van der Waals surface area contributed by atoms with Gasteiger partial charge < -0.3 is 10.5 Å². The summed E-state index contributed by atoms with van der Waals surface area (Å²) in [5.74, 6) is 0.192. The van der Waals surface area contributed by atoms with E-state index < -0.39 is 0 Å². The van der Waals surface area contributed by atoms with Crippen molar-refractivity contribution in [2.24, 2.45) is 0 Å². The fraction of sp³-hybridized carbons (Fsp3) is 0.250. The number of amides is 1. The number of carbonyl (C=O) groups excluding carboxylic acids is 1. The van der Waals surface area contributed by atoms with Crippen molar-refractivity contribution in [2.75, 3.05) is 12.3 Å². The largest absolute Gasteiger partial charge is 0.618 e. The summed E-state index contributed by atoms with van der Waals surface area (Å²) in [5.41, 5.74) is 2.48. The van der Waals surface area contributed by atoms with E-state index in [0.29, 0.717) is 11.6 Å². The summed E-state index contributed by atoms with van der Waals surface area (Å²) in [6.45, 7) is 2.67. The maximum Gasteiger partial charge on any atom is 0.251 e. The minimum atomic E-state index is -0.0579. The third kappa shape index (κ3) is 4.79. The monoisotopic (exact) mass is 302 g/mol. The minimum absolute atomic E-state index is 0.0579. The van der Waals surface area contributed by atoms with Gasteiger partial charge >= 0.3 is 0 Å². The highest BCUT2D eigenvalue weighted by Crippen LogP contribution is 2.11. The molecule has 110 valence electrons. The maximum atomic E-state index is 11.8. The first-order valence-corrected chi connectivity index (χ1v) is 7.77. The van der Waals surface area contributed by atoms with Crippen LogP contribution in [-0.4, -0.2) is 18.2 Å². The Bertz CT molecular complexity index is 617. The van der Waals surface area contributed by atoms with Crippen molar-refractivity contribution in [1.82, 2.24) is 5.32 Å². The zero-order chi connectivity index (χ0) is 15.1. The molecule has 1 heterocycles. The molecule has 21 heavy (non-hydrogen) atoms. The average Bonchev–Trinajstić information content (AvgIpc) is 2.48. The normalized spacial score (nSPS) is 10.3. The second-order valence-electron chi connectivity index (χ2n) is 4.68. The van der Waals surface area contributed by atoms with Crippen LogP contribution in [0.5, 0.6) is 0 Å². The Hall–Kier alpha value is -2.01. The molecule has 1 N–H and O–H groups in total. The molecule has 0 unspecified atom stereocenters. The Morgan fingerprint density at radius 2 is 2.00 bits per heavy atom. The molecular formula is C16H18N2O2S. The molecule has 1 amide bonds. The summed E-state index contributed by atoms with van der Waals surface area (Å²) < 4.78 is 0.769. The molecule has 0 aliphatic carbocycles. The summed E-state index contributed by atoms with van der Waals surface area (Å²) >= 11 is 1.24. The van der Waals surface area contributed by atoms with Crippen molar-refractivity contribution in [3.63, 3.8) is 0 Å². The molecule has 0 aliphatic heterocycles. The van der Waals surface area contributed by atoms with Crippen LogP contribution >= 0.6 is 11.8 Å². The average molecular weight is 302 g/mol. The van der Waals surface area contributed by atoms with E-state index in [0.717, 1.165) is 11.2 Å². The molecule has 0 atom stereocenters.